The summed E-state index contributed by atoms with van der Waals surface area (Å²) >= 11 is 0. The molecule has 0 aromatic rings. The molecular weight excluding hydrogens is 494 g/mol. The monoisotopic (exact) mass is 539 g/mol. The van der Waals surface area contributed by atoms with Gasteiger partial charge in [0.05, 0.1) is 30.5 Å². The molecule has 2 aliphatic rings. The van der Waals surface area contributed by atoms with Gasteiger partial charge in [-0.2, -0.15) is 0 Å². The summed E-state index contributed by atoms with van der Waals surface area (Å²) in [5.41, 5.74) is 0. The van der Waals surface area contributed by atoms with E-state index in [1.807, 2.05) is 13.0 Å². The lowest BCUT2D eigenvalue weighted by Crippen LogP contribution is -2.63. The standard InChI is InChI=1S/C28H45NO9/c1-17-16-20(14-15-30)27(38-28-26(34)24(29(4)5)25(33)19(3)37-28)22(35-6)12-13-23(32)36-18(2)10-8-7-9-11-21(17)31/h7-9,11-13,15,17-22,24-28,31,33-34H,10,14,16H2,1-6H3/b8-7+,11-9+,13-12-/t17-,18-,19-,20+,21+,22+,24+,25-,26-,27+,28+/m1/s1. The first-order valence-corrected chi connectivity index (χ1v) is 13.2. The van der Waals surface area contributed by atoms with Crippen molar-refractivity contribution in [1.29, 1.82) is 0 Å². The number of cyclic esters (lactones) is 1. The maximum atomic E-state index is 12.5. The first-order chi connectivity index (χ1) is 18.0. The van der Waals surface area contributed by atoms with E-state index in [0.29, 0.717) is 12.8 Å². The number of ether oxygens (including phenoxy) is 4. The highest BCUT2D eigenvalue weighted by Crippen LogP contribution is 2.32. The van der Waals surface area contributed by atoms with Crippen LogP contribution in [0.4, 0.5) is 0 Å². The van der Waals surface area contributed by atoms with Crippen LogP contribution in [0.5, 0.6) is 0 Å². The quantitative estimate of drug-likeness (QED) is 0.336. The summed E-state index contributed by atoms with van der Waals surface area (Å²) in [7, 11) is 4.94. The molecule has 0 unspecified atom stereocenters. The molecule has 216 valence electrons. The zero-order valence-corrected chi connectivity index (χ0v) is 23.3. The maximum Gasteiger partial charge on any atom is 0.330 e. The molecule has 11 atom stereocenters. The highest BCUT2D eigenvalue weighted by molar-refractivity contribution is 5.82. The van der Waals surface area contributed by atoms with Crippen LogP contribution in [-0.4, -0.2) is 109 Å². The Morgan fingerprint density at radius 1 is 1.11 bits per heavy atom. The van der Waals surface area contributed by atoms with Gasteiger partial charge < -0.3 is 44.0 Å². The first-order valence-electron chi connectivity index (χ1n) is 13.2. The fraction of sp³-hybridized carbons (Fsp3) is 0.714. The number of esters is 1. The molecule has 0 amide bonds. The van der Waals surface area contributed by atoms with Gasteiger partial charge in [0.2, 0.25) is 0 Å². The average molecular weight is 540 g/mol. The highest BCUT2D eigenvalue weighted by atomic mass is 16.7. The van der Waals surface area contributed by atoms with E-state index in [1.54, 1.807) is 51.1 Å². The van der Waals surface area contributed by atoms with Crippen molar-refractivity contribution < 1.29 is 43.9 Å². The zero-order valence-electron chi connectivity index (χ0n) is 23.3. The smallest absolute Gasteiger partial charge is 0.330 e. The maximum absolute atomic E-state index is 12.5. The van der Waals surface area contributed by atoms with Gasteiger partial charge >= 0.3 is 5.97 Å². The minimum Gasteiger partial charge on any atom is -0.459 e. The lowest BCUT2D eigenvalue weighted by molar-refractivity contribution is -0.304. The van der Waals surface area contributed by atoms with Crippen LogP contribution in [0.2, 0.25) is 0 Å². The van der Waals surface area contributed by atoms with Crippen LogP contribution in [0.1, 0.15) is 40.0 Å². The van der Waals surface area contributed by atoms with Gasteiger partial charge in [0.25, 0.3) is 0 Å². The number of aliphatic hydroxyl groups excluding tert-OH is 3. The number of allylic oxidation sites excluding steroid dienone is 2. The van der Waals surface area contributed by atoms with Crippen molar-refractivity contribution in [3.05, 3.63) is 36.5 Å². The predicted octanol–water partition coefficient (Wildman–Crippen LogP) is 1.38. The Hall–Kier alpha value is -1.92. The first kappa shape index (κ1) is 32.3. The largest absolute Gasteiger partial charge is 0.459 e. The number of rotatable bonds is 6. The van der Waals surface area contributed by atoms with E-state index in [9.17, 15) is 24.9 Å². The van der Waals surface area contributed by atoms with Crippen LogP contribution in [0, 0.1) is 11.8 Å². The summed E-state index contributed by atoms with van der Waals surface area (Å²) in [6, 6.07) is -0.661. The molecule has 0 spiro atoms. The van der Waals surface area contributed by atoms with E-state index in [-0.39, 0.29) is 18.4 Å². The lowest BCUT2D eigenvalue weighted by Gasteiger charge is -2.46. The van der Waals surface area contributed by atoms with Crippen molar-refractivity contribution in [3.8, 4) is 0 Å². The molecule has 2 rings (SSSR count). The summed E-state index contributed by atoms with van der Waals surface area (Å²) in [5, 5.41) is 32.4. The van der Waals surface area contributed by atoms with Gasteiger partial charge in [-0.15, -0.1) is 0 Å². The number of carbonyl (C=O) groups excluding carboxylic acids is 2. The van der Waals surface area contributed by atoms with E-state index in [1.165, 1.54) is 19.3 Å². The summed E-state index contributed by atoms with van der Waals surface area (Å²) in [4.78, 5) is 25.9. The topological polar surface area (TPSA) is 135 Å². The highest BCUT2D eigenvalue weighted by Gasteiger charge is 2.46. The molecule has 1 saturated heterocycles. The number of hydrogen-bond acceptors (Lipinski definition) is 10. The minimum absolute atomic E-state index is 0.0820. The number of aliphatic hydroxyl groups is 3. The van der Waals surface area contributed by atoms with E-state index in [2.05, 4.69) is 0 Å². The summed E-state index contributed by atoms with van der Waals surface area (Å²) in [5.74, 6) is -1.26. The molecule has 2 aliphatic heterocycles. The molecule has 0 aromatic carbocycles. The van der Waals surface area contributed by atoms with Crippen molar-refractivity contribution in [2.75, 3.05) is 21.2 Å². The summed E-state index contributed by atoms with van der Waals surface area (Å²) < 4.78 is 23.3. The van der Waals surface area contributed by atoms with Crippen LogP contribution in [-0.2, 0) is 28.5 Å². The van der Waals surface area contributed by atoms with Crippen LogP contribution in [0.3, 0.4) is 0 Å². The number of methoxy groups -OCH3 is 1. The number of hydrogen-bond donors (Lipinski definition) is 3. The fourth-order valence-corrected chi connectivity index (χ4v) is 4.95. The molecule has 10 nitrogen and oxygen atoms in total. The van der Waals surface area contributed by atoms with Gasteiger partial charge in [-0.3, -0.25) is 0 Å². The number of aldehydes is 1. The van der Waals surface area contributed by atoms with Gasteiger partial charge in [-0.25, -0.2) is 4.79 Å². The molecule has 0 saturated carbocycles. The normalized spacial score (nSPS) is 42.3. The average Bonchev–Trinajstić information content (AvgIpc) is 2.85. The van der Waals surface area contributed by atoms with E-state index >= 15 is 0 Å². The van der Waals surface area contributed by atoms with Crippen molar-refractivity contribution in [2.24, 2.45) is 11.8 Å². The van der Waals surface area contributed by atoms with Crippen molar-refractivity contribution in [1.82, 2.24) is 4.90 Å². The third kappa shape index (κ3) is 9.08. The molecule has 0 aliphatic carbocycles. The molecule has 38 heavy (non-hydrogen) atoms. The Morgan fingerprint density at radius 3 is 2.45 bits per heavy atom. The molecule has 10 heteroatoms. The predicted molar refractivity (Wildman–Crippen MR) is 141 cm³/mol. The molecule has 0 bridgehead atoms. The Morgan fingerprint density at radius 2 is 1.82 bits per heavy atom. The van der Waals surface area contributed by atoms with E-state index in [4.69, 9.17) is 18.9 Å². The Kier molecular flexibility index (Phi) is 13.3. The van der Waals surface area contributed by atoms with Crippen LogP contribution < -0.4 is 0 Å². The van der Waals surface area contributed by atoms with Crippen molar-refractivity contribution >= 4 is 12.3 Å². The molecule has 3 N–H and O–H groups in total. The van der Waals surface area contributed by atoms with E-state index < -0.39 is 60.8 Å². The minimum atomic E-state index is -1.21. The second-order valence-electron chi connectivity index (χ2n) is 10.5. The van der Waals surface area contributed by atoms with Crippen molar-refractivity contribution in [2.45, 2.75) is 95.1 Å². The molecular formula is C28H45NO9. The van der Waals surface area contributed by atoms with Gasteiger partial charge in [-0.1, -0.05) is 31.2 Å². The van der Waals surface area contributed by atoms with E-state index in [0.717, 1.165) is 6.29 Å². The number of likely N-dealkylation sites (N-methyl/N-ethyl adjacent to an activating group) is 1. The fourth-order valence-electron chi connectivity index (χ4n) is 4.95. The summed E-state index contributed by atoms with van der Waals surface area (Å²) in [6.45, 7) is 5.34. The Labute approximate surface area is 225 Å². The molecule has 1 fully saturated rings. The second-order valence-corrected chi connectivity index (χ2v) is 10.5. The van der Waals surface area contributed by atoms with Gasteiger partial charge in [0, 0.05) is 26.0 Å². The Balaban J connectivity index is 2.47. The number of carbonyl (C=O) groups is 2. The lowest BCUT2D eigenvalue weighted by atomic mass is 9.84. The van der Waals surface area contributed by atoms with Crippen molar-refractivity contribution in [3.63, 3.8) is 0 Å². The molecule has 0 aromatic heterocycles. The zero-order chi connectivity index (χ0) is 28.4. The number of nitrogens with zero attached hydrogens (tertiary/aromatic N) is 1. The third-order valence-electron chi connectivity index (χ3n) is 7.18. The van der Waals surface area contributed by atoms with Crippen LogP contribution in [0.25, 0.3) is 0 Å². The second kappa shape index (κ2) is 15.6. The van der Waals surface area contributed by atoms with Gasteiger partial charge in [-0.05, 0) is 52.3 Å². The SMILES string of the molecule is CO[C@H]1/C=C\C(=O)O[C@H](C)C/C=C/C=C/[C@H](O)[C@H](C)C[C@H](CC=O)[C@@H]1O[C@@H]1O[C@H](C)[C@@H](O)[C@H](N(C)C)[C@H]1O. The van der Waals surface area contributed by atoms with Crippen LogP contribution in [0.15, 0.2) is 36.5 Å². The van der Waals surface area contributed by atoms with Gasteiger partial charge in [0.1, 0.15) is 24.6 Å². The Bertz CT molecular complexity index is 829. The third-order valence-corrected chi connectivity index (χ3v) is 7.18. The summed E-state index contributed by atoms with van der Waals surface area (Å²) in [6.07, 6.45) is 4.82. The van der Waals surface area contributed by atoms with Gasteiger partial charge in [0.15, 0.2) is 6.29 Å². The van der Waals surface area contributed by atoms with Crippen LogP contribution >= 0.6 is 0 Å². The molecule has 0 radical (unpaired) electrons. The molecule has 2 heterocycles.